The maximum absolute atomic E-state index is 12.2. The molecular weight excluding hydrogens is 334 g/mol. The van der Waals surface area contributed by atoms with Crippen molar-refractivity contribution < 1.29 is 15.0 Å². The zero-order valence-electron chi connectivity index (χ0n) is 14.1. The summed E-state index contributed by atoms with van der Waals surface area (Å²) in [6, 6.07) is 9.70. The molecule has 26 heavy (non-hydrogen) atoms. The highest BCUT2D eigenvalue weighted by Gasteiger charge is 2.12. The molecule has 0 bridgehead atoms. The summed E-state index contributed by atoms with van der Waals surface area (Å²) >= 11 is 0. The van der Waals surface area contributed by atoms with Crippen LogP contribution in [0.3, 0.4) is 0 Å². The van der Waals surface area contributed by atoms with E-state index in [4.69, 9.17) is 0 Å². The minimum Gasteiger partial charge on any atom is -0.478 e. The van der Waals surface area contributed by atoms with Gasteiger partial charge in [-0.1, -0.05) is 12.1 Å². The van der Waals surface area contributed by atoms with Gasteiger partial charge in [-0.3, -0.25) is 9.78 Å². The maximum Gasteiger partial charge on any atom is 0.335 e. The van der Waals surface area contributed by atoms with E-state index in [1.807, 2.05) is 0 Å². The summed E-state index contributed by atoms with van der Waals surface area (Å²) in [6.45, 7) is 1.73. The number of aromatic nitrogens is 3. The van der Waals surface area contributed by atoms with Crippen molar-refractivity contribution >= 4 is 5.97 Å². The third-order valence-electron chi connectivity index (χ3n) is 4.14. The van der Waals surface area contributed by atoms with Crippen LogP contribution in [0.1, 0.15) is 27.0 Å². The first-order valence-corrected chi connectivity index (χ1v) is 7.94. The molecule has 0 saturated carbocycles. The molecule has 2 heterocycles. The van der Waals surface area contributed by atoms with Crippen molar-refractivity contribution in [3.05, 3.63) is 81.4 Å². The Morgan fingerprint density at radius 3 is 2.73 bits per heavy atom. The van der Waals surface area contributed by atoms with Gasteiger partial charge in [-0.25, -0.2) is 9.48 Å². The lowest BCUT2D eigenvalue weighted by Crippen LogP contribution is -2.23. The van der Waals surface area contributed by atoms with Gasteiger partial charge in [0.2, 0.25) is 0 Å². The number of benzene rings is 1. The van der Waals surface area contributed by atoms with E-state index in [1.165, 1.54) is 16.8 Å². The molecular formula is C19H17N3O4. The minimum atomic E-state index is -1.01. The molecule has 0 unspecified atom stereocenters. The quantitative estimate of drug-likeness (QED) is 0.727. The molecule has 132 valence electrons. The van der Waals surface area contributed by atoms with Gasteiger partial charge in [-0.2, -0.15) is 5.10 Å². The van der Waals surface area contributed by atoms with Crippen LogP contribution in [0.2, 0.25) is 0 Å². The van der Waals surface area contributed by atoms with Crippen molar-refractivity contribution in [3.63, 3.8) is 0 Å². The number of carboxylic acids is 1. The second-order valence-corrected chi connectivity index (χ2v) is 5.85. The number of hydrogen-bond donors (Lipinski definition) is 2. The predicted molar refractivity (Wildman–Crippen MR) is 94.9 cm³/mol. The molecule has 1 aromatic carbocycles. The molecule has 7 heteroatoms. The molecule has 3 aromatic rings. The summed E-state index contributed by atoms with van der Waals surface area (Å²) in [5.41, 5.74) is 3.08. The van der Waals surface area contributed by atoms with Gasteiger partial charge in [0.15, 0.2) is 0 Å². The molecule has 0 atom stereocenters. The van der Waals surface area contributed by atoms with E-state index in [0.717, 1.165) is 0 Å². The predicted octanol–water partition coefficient (Wildman–Crippen LogP) is 1.85. The average molecular weight is 351 g/mol. The molecule has 3 rings (SSSR count). The zero-order chi connectivity index (χ0) is 18.7. The fraction of sp³-hybridized carbons (Fsp3) is 0.158. The minimum absolute atomic E-state index is 0.137. The second-order valence-electron chi connectivity index (χ2n) is 5.85. The summed E-state index contributed by atoms with van der Waals surface area (Å²) < 4.78 is 1.29. The number of rotatable bonds is 5. The first-order valence-electron chi connectivity index (χ1n) is 7.94. The van der Waals surface area contributed by atoms with Crippen molar-refractivity contribution in [3.8, 4) is 11.3 Å². The number of carbonyl (C=O) groups is 1. The summed E-state index contributed by atoms with van der Waals surface area (Å²) in [7, 11) is 0. The number of nitrogens with zero attached hydrogens (tertiary/aromatic N) is 3. The largest absolute Gasteiger partial charge is 0.478 e. The van der Waals surface area contributed by atoms with Crippen molar-refractivity contribution in [2.45, 2.75) is 20.1 Å². The number of carboxylic acid groups (broad SMARTS) is 1. The normalized spacial score (nSPS) is 10.7. The van der Waals surface area contributed by atoms with Crippen LogP contribution in [0, 0.1) is 6.92 Å². The van der Waals surface area contributed by atoms with E-state index in [1.54, 1.807) is 43.6 Å². The highest BCUT2D eigenvalue weighted by Crippen LogP contribution is 2.17. The fourth-order valence-electron chi connectivity index (χ4n) is 2.68. The summed E-state index contributed by atoms with van der Waals surface area (Å²) in [4.78, 5) is 27.5. The van der Waals surface area contributed by atoms with Crippen molar-refractivity contribution in [2.75, 3.05) is 0 Å². The second kappa shape index (κ2) is 7.28. The van der Waals surface area contributed by atoms with E-state index in [2.05, 4.69) is 10.1 Å². The highest BCUT2D eigenvalue weighted by atomic mass is 16.4. The van der Waals surface area contributed by atoms with E-state index < -0.39 is 5.97 Å². The Kier molecular flexibility index (Phi) is 4.90. The molecule has 0 aliphatic carbocycles. The smallest absolute Gasteiger partial charge is 0.335 e. The lowest BCUT2D eigenvalue weighted by atomic mass is 10.0. The summed E-state index contributed by atoms with van der Waals surface area (Å²) in [5.74, 6) is -1.01. The van der Waals surface area contributed by atoms with Gasteiger partial charge in [0.1, 0.15) is 0 Å². The standard InChI is InChI=1S/C19H17N3O4/c1-12-14(3-2-4-16(12)19(25)26)10-22-18(24)6-5-17(21-22)15-7-13(11-23)8-20-9-15/h2-9,23H,10-11H2,1H3,(H,25,26). The number of aromatic carboxylic acids is 1. The highest BCUT2D eigenvalue weighted by molar-refractivity contribution is 5.89. The van der Waals surface area contributed by atoms with E-state index in [-0.39, 0.29) is 24.3 Å². The lowest BCUT2D eigenvalue weighted by molar-refractivity contribution is 0.0696. The SMILES string of the molecule is Cc1c(Cn2nc(-c3cncc(CO)c3)ccc2=O)cccc1C(=O)O. The molecule has 0 spiro atoms. The molecule has 0 aliphatic heterocycles. The molecule has 7 nitrogen and oxygen atoms in total. The van der Waals surface area contributed by atoms with Crippen LogP contribution in [0.25, 0.3) is 11.3 Å². The van der Waals surface area contributed by atoms with Crippen LogP contribution in [-0.4, -0.2) is 30.9 Å². The Balaban J connectivity index is 2.00. The number of hydrogen-bond acceptors (Lipinski definition) is 5. The van der Waals surface area contributed by atoms with Gasteiger partial charge in [0.05, 0.1) is 24.4 Å². The third kappa shape index (κ3) is 3.52. The first-order chi connectivity index (χ1) is 12.5. The topological polar surface area (TPSA) is 105 Å². The molecule has 0 radical (unpaired) electrons. The van der Waals surface area contributed by atoms with Gasteiger partial charge in [0, 0.05) is 24.0 Å². The summed E-state index contributed by atoms with van der Waals surface area (Å²) in [6.07, 6.45) is 3.16. The lowest BCUT2D eigenvalue weighted by Gasteiger charge is -2.11. The van der Waals surface area contributed by atoms with Crippen LogP contribution in [0.4, 0.5) is 0 Å². The Hall–Kier alpha value is -3.32. The van der Waals surface area contributed by atoms with Gasteiger partial charge >= 0.3 is 5.97 Å². The van der Waals surface area contributed by atoms with Gasteiger partial charge in [-0.15, -0.1) is 0 Å². The van der Waals surface area contributed by atoms with Crippen molar-refractivity contribution in [1.29, 1.82) is 0 Å². The molecule has 0 amide bonds. The Bertz CT molecular complexity index is 1030. The van der Waals surface area contributed by atoms with E-state index in [0.29, 0.717) is 27.9 Å². The zero-order valence-corrected chi connectivity index (χ0v) is 14.1. The molecule has 0 saturated heterocycles. The number of aliphatic hydroxyl groups excluding tert-OH is 1. The van der Waals surface area contributed by atoms with E-state index in [9.17, 15) is 19.8 Å². The van der Waals surface area contributed by atoms with Gasteiger partial charge < -0.3 is 10.2 Å². The number of pyridine rings is 1. The van der Waals surface area contributed by atoms with E-state index >= 15 is 0 Å². The third-order valence-corrected chi connectivity index (χ3v) is 4.14. The van der Waals surface area contributed by atoms with Crippen LogP contribution in [0.5, 0.6) is 0 Å². The Morgan fingerprint density at radius 1 is 1.19 bits per heavy atom. The summed E-state index contributed by atoms with van der Waals surface area (Å²) in [5, 5.41) is 22.8. The van der Waals surface area contributed by atoms with Gasteiger partial charge in [-0.05, 0) is 41.8 Å². The van der Waals surface area contributed by atoms with Crippen molar-refractivity contribution in [1.82, 2.24) is 14.8 Å². The van der Waals surface area contributed by atoms with Crippen LogP contribution in [-0.2, 0) is 13.2 Å². The molecule has 2 N–H and O–H groups in total. The Morgan fingerprint density at radius 2 is 2.00 bits per heavy atom. The van der Waals surface area contributed by atoms with Crippen LogP contribution >= 0.6 is 0 Å². The monoisotopic (exact) mass is 351 g/mol. The average Bonchev–Trinajstić information content (AvgIpc) is 2.65. The molecule has 2 aromatic heterocycles. The molecule has 0 fully saturated rings. The fourth-order valence-corrected chi connectivity index (χ4v) is 2.68. The van der Waals surface area contributed by atoms with Crippen molar-refractivity contribution in [2.24, 2.45) is 0 Å². The molecule has 0 aliphatic rings. The van der Waals surface area contributed by atoms with Crippen LogP contribution < -0.4 is 5.56 Å². The van der Waals surface area contributed by atoms with Gasteiger partial charge in [0.25, 0.3) is 5.56 Å². The van der Waals surface area contributed by atoms with Crippen LogP contribution in [0.15, 0.2) is 53.6 Å². The number of aliphatic hydroxyl groups is 1. The maximum atomic E-state index is 12.2. The first kappa shape index (κ1) is 17.5. The Labute approximate surface area is 149 Å².